The van der Waals surface area contributed by atoms with E-state index in [0.29, 0.717) is 12.5 Å². The summed E-state index contributed by atoms with van der Waals surface area (Å²) in [6.07, 6.45) is 1.19. The van der Waals surface area contributed by atoms with Gasteiger partial charge in [0.25, 0.3) is 0 Å². The van der Waals surface area contributed by atoms with Gasteiger partial charge in [0.2, 0.25) is 0 Å². The van der Waals surface area contributed by atoms with Gasteiger partial charge >= 0.3 is 0 Å². The third-order valence-electron chi connectivity index (χ3n) is 2.57. The standard InChI is InChI=1S/C12H20N2/c1-3-10(2)11-4-6-12(7-5-11)14-9-8-13/h4-7,10,14H,3,8-9,13H2,1-2H3. The Labute approximate surface area is 86.5 Å². The number of nitrogens with two attached hydrogens (primary N) is 1. The van der Waals surface area contributed by atoms with Crippen molar-refractivity contribution in [2.75, 3.05) is 18.4 Å². The van der Waals surface area contributed by atoms with Gasteiger partial charge in [-0.1, -0.05) is 26.0 Å². The molecule has 0 saturated carbocycles. The fraction of sp³-hybridized carbons (Fsp3) is 0.500. The SMILES string of the molecule is CCC(C)c1ccc(NCCN)cc1. The Hall–Kier alpha value is -1.02. The Bertz CT molecular complexity index is 254. The Kier molecular flexibility index (Phi) is 4.47. The van der Waals surface area contributed by atoms with Crippen LogP contribution in [0.15, 0.2) is 24.3 Å². The first-order valence-corrected chi connectivity index (χ1v) is 5.31. The molecular formula is C12H20N2. The van der Waals surface area contributed by atoms with Crippen molar-refractivity contribution in [2.24, 2.45) is 5.73 Å². The molecule has 2 heteroatoms. The van der Waals surface area contributed by atoms with Gasteiger partial charge in [-0.3, -0.25) is 0 Å². The molecule has 0 aliphatic rings. The fourth-order valence-electron chi connectivity index (χ4n) is 1.38. The average Bonchev–Trinajstić information content (AvgIpc) is 2.26. The largest absolute Gasteiger partial charge is 0.384 e. The minimum atomic E-state index is 0.651. The Morgan fingerprint density at radius 2 is 1.93 bits per heavy atom. The van der Waals surface area contributed by atoms with Crippen molar-refractivity contribution in [3.63, 3.8) is 0 Å². The zero-order chi connectivity index (χ0) is 10.4. The monoisotopic (exact) mass is 192 g/mol. The molecule has 3 N–H and O–H groups in total. The molecule has 0 spiro atoms. The molecule has 0 bridgehead atoms. The number of nitrogens with one attached hydrogen (secondary N) is 1. The van der Waals surface area contributed by atoms with Gasteiger partial charge in [-0.25, -0.2) is 0 Å². The second-order valence-corrected chi connectivity index (χ2v) is 3.65. The van der Waals surface area contributed by atoms with Crippen LogP contribution >= 0.6 is 0 Å². The lowest BCUT2D eigenvalue weighted by Crippen LogP contribution is -2.12. The van der Waals surface area contributed by atoms with Gasteiger partial charge in [0.05, 0.1) is 0 Å². The van der Waals surface area contributed by atoms with Crippen LogP contribution in [0, 0.1) is 0 Å². The maximum absolute atomic E-state index is 5.41. The molecule has 2 nitrogen and oxygen atoms in total. The predicted molar refractivity (Wildman–Crippen MR) is 62.7 cm³/mol. The van der Waals surface area contributed by atoms with Gasteiger partial charge in [-0.05, 0) is 30.0 Å². The van der Waals surface area contributed by atoms with E-state index >= 15 is 0 Å². The second-order valence-electron chi connectivity index (χ2n) is 3.65. The zero-order valence-corrected chi connectivity index (χ0v) is 9.09. The summed E-state index contributed by atoms with van der Waals surface area (Å²) in [7, 11) is 0. The molecule has 0 heterocycles. The maximum atomic E-state index is 5.41. The Balaban J connectivity index is 2.59. The van der Waals surface area contributed by atoms with Crippen LogP contribution in [-0.2, 0) is 0 Å². The summed E-state index contributed by atoms with van der Waals surface area (Å²) >= 11 is 0. The molecule has 1 atom stereocenters. The molecule has 1 rings (SSSR count). The molecule has 0 fully saturated rings. The highest BCUT2D eigenvalue weighted by molar-refractivity contribution is 5.45. The van der Waals surface area contributed by atoms with Crippen molar-refractivity contribution in [2.45, 2.75) is 26.2 Å². The summed E-state index contributed by atoms with van der Waals surface area (Å²) < 4.78 is 0. The van der Waals surface area contributed by atoms with Crippen LogP contribution < -0.4 is 11.1 Å². The molecule has 0 amide bonds. The molecule has 0 aromatic heterocycles. The third-order valence-corrected chi connectivity index (χ3v) is 2.57. The molecule has 1 unspecified atom stereocenters. The minimum absolute atomic E-state index is 0.651. The van der Waals surface area contributed by atoms with Crippen LogP contribution in [0.5, 0.6) is 0 Å². The van der Waals surface area contributed by atoms with Crippen LogP contribution in [0.25, 0.3) is 0 Å². The first-order valence-electron chi connectivity index (χ1n) is 5.31. The lowest BCUT2D eigenvalue weighted by molar-refractivity contribution is 0.734. The first kappa shape index (κ1) is 11.1. The van der Waals surface area contributed by atoms with E-state index in [2.05, 4.69) is 43.4 Å². The van der Waals surface area contributed by atoms with E-state index < -0.39 is 0 Å². The minimum Gasteiger partial charge on any atom is -0.384 e. The van der Waals surface area contributed by atoms with Gasteiger partial charge in [0.1, 0.15) is 0 Å². The number of hydrogen-bond donors (Lipinski definition) is 2. The molecule has 1 aromatic carbocycles. The van der Waals surface area contributed by atoms with Crippen LogP contribution in [0.4, 0.5) is 5.69 Å². The number of rotatable bonds is 5. The molecule has 0 aliphatic carbocycles. The van der Waals surface area contributed by atoms with E-state index in [1.807, 2.05) is 0 Å². The summed E-state index contributed by atoms with van der Waals surface area (Å²) in [4.78, 5) is 0. The van der Waals surface area contributed by atoms with Crippen molar-refractivity contribution in [3.05, 3.63) is 29.8 Å². The zero-order valence-electron chi connectivity index (χ0n) is 9.09. The summed E-state index contributed by atoms with van der Waals surface area (Å²) in [5.41, 5.74) is 7.98. The molecule has 78 valence electrons. The highest BCUT2D eigenvalue weighted by atomic mass is 14.9. The quantitative estimate of drug-likeness (QED) is 0.752. The Morgan fingerprint density at radius 3 is 2.43 bits per heavy atom. The van der Waals surface area contributed by atoms with Gasteiger partial charge in [0, 0.05) is 18.8 Å². The lowest BCUT2D eigenvalue weighted by atomic mass is 9.99. The number of benzene rings is 1. The van der Waals surface area contributed by atoms with Crippen molar-refractivity contribution < 1.29 is 0 Å². The summed E-state index contributed by atoms with van der Waals surface area (Å²) in [5, 5.41) is 3.25. The molecule has 0 saturated heterocycles. The maximum Gasteiger partial charge on any atom is 0.0340 e. The molecular weight excluding hydrogens is 172 g/mol. The summed E-state index contributed by atoms with van der Waals surface area (Å²) in [6, 6.07) is 8.62. The molecule has 14 heavy (non-hydrogen) atoms. The van der Waals surface area contributed by atoms with E-state index in [9.17, 15) is 0 Å². The fourth-order valence-corrected chi connectivity index (χ4v) is 1.38. The molecule has 1 aromatic rings. The number of hydrogen-bond acceptors (Lipinski definition) is 2. The molecule has 0 radical (unpaired) electrons. The van der Waals surface area contributed by atoms with E-state index in [1.54, 1.807) is 0 Å². The van der Waals surface area contributed by atoms with Crippen molar-refractivity contribution in [1.29, 1.82) is 0 Å². The van der Waals surface area contributed by atoms with Gasteiger partial charge < -0.3 is 11.1 Å². The molecule has 0 aliphatic heterocycles. The van der Waals surface area contributed by atoms with Crippen LogP contribution in [0.2, 0.25) is 0 Å². The van der Waals surface area contributed by atoms with E-state index in [-0.39, 0.29) is 0 Å². The van der Waals surface area contributed by atoms with Gasteiger partial charge in [-0.15, -0.1) is 0 Å². The normalized spacial score (nSPS) is 12.5. The summed E-state index contributed by atoms with van der Waals surface area (Å²) in [6.45, 7) is 5.98. The summed E-state index contributed by atoms with van der Waals surface area (Å²) in [5.74, 6) is 0.651. The topological polar surface area (TPSA) is 38.0 Å². The van der Waals surface area contributed by atoms with E-state index in [4.69, 9.17) is 5.73 Å². The number of anilines is 1. The van der Waals surface area contributed by atoms with Crippen molar-refractivity contribution in [3.8, 4) is 0 Å². The van der Waals surface area contributed by atoms with E-state index in [1.165, 1.54) is 12.0 Å². The second kappa shape index (κ2) is 5.66. The lowest BCUT2D eigenvalue weighted by Gasteiger charge is -2.10. The average molecular weight is 192 g/mol. The smallest absolute Gasteiger partial charge is 0.0340 e. The first-order chi connectivity index (χ1) is 6.77. The van der Waals surface area contributed by atoms with Crippen LogP contribution in [0.3, 0.4) is 0 Å². The van der Waals surface area contributed by atoms with Crippen LogP contribution in [0.1, 0.15) is 31.7 Å². The van der Waals surface area contributed by atoms with Crippen molar-refractivity contribution >= 4 is 5.69 Å². The van der Waals surface area contributed by atoms with Gasteiger partial charge in [-0.2, -0.15) is 0 Å². The van der Waals surface area contributed by atoms with Gasteiger partial charge in [0.15, 0.2) is 0 Å². The highest BCUT2D eigenvalue weighted by Gasteiger charge is 2.01. The highest BCUT2D eigenvalue weighted by Crippen LogP contribution is 2.20. The van der Waals surface area contributed by atoms with E-state index in [0.717, 1.165) is 12.2 Å². The van der Waals surface area contributed by atoms with Crippen LogP contribution in [-0.4, -0.2) is 13.1 Å². The van der Waals surface area contributed by atoms with Crippen molar-refractivity contribution in [1.82, 2.24) is 0 Å². The Morgan fingerprint density at radius 1 is 1.29 bits per heavy atom. The predicted octanol–water partition coefficient (Wildman–Crippen LogP) is 2.57. The third kappa shape index (κ3) is 3.04.